The van der Waals surface area contributed by atoms with Gasteiger partial charge in [-0.15, -0.1) is 11.8 Å². The van der Waals surface area contributed by atoms with Gasteiger partial charge in [0.25, 0.3) is 0 Å². The molecule has 0 bridgehead atoms. The minimum atomic E-state index is -4.30. The Kier molecular flexibility index (Phi) is 3.93. The van der Waals surface area contributed by atoms with Gasteiger partial charge in [0.2, 0.25) is 0 Å². The summed E-state index contributed by atoms with van der Waals surface area (Å²) in [4.78, 5) is 3.81. The third-order valence-electron chi connectivity index (χ3n) is 2.71. The first-order valence-corrected chi connectivity index (χ1v) is 6.41. The van der Waals surface area contributed by atoms with E-state index in [2.05, 4.69) is 10.3 Å². The Morgan fingerprint density at radius 3 is 2.59 bits per heavy atom. The van der Waals surface area contributed by atoms with E-state index in [1.807, 2.05) is 0 Å². The molecule has 0 aliphatic carbocycles. The van der Waals surface area contributed by atoms with Crippen LogP contribution in [0.3, 0.4) is 0 Å². The van der Waals surface area contributed by atoms with Gasteiger partial charge in [-0.05, 0) is 43.3 Å². The van der Waals surface area contributed by atoms with Gasteiger partial charge < -0.3 is 5.32 Å². The number of pyridine rings is 1. The summed E-state index contributed by atoms with van der Waals surface area (Å²) in [5.41, 5.74) is -0.690. The maximum atomic E-state index is 12.3. The quantitative estimate of drug-likeness (QED) is 0.845. The Hall–Kier alpha value is -0.750. The van der Waals surface area contributed by atoms with E-state index in [1.165, 1.54) is 17.8 Å². The molecule has 94 valence electrons. The summed E-state index contributed by atoms with van der Waals surface area (Å²) in [6, 6.07) is 2.52. The number of hydrogen-bond donors (Lipinski definition) is 1. The van der Waals surface area contributed by atoms with Crippen LogP contribution in [0.4, 0.5) is 13.2 Å². The molecule has 0 atom stereocenters. The van der Waals surface area contributed by atoms with Crippen molar-refractivity contribution in [3.05, 3.63) is 23.9 Å². The summed E-state index contributed by atoms with van der Waals surface area (Å²) < 4.78 is 36.8. The zero-order valence-corrected chi connectivity index (χ0v) is 9.94. The van der Waals surface area contributed by atoms with Crippen LogP contribution in [0.25, 0.3) is 0 Å². The van der Waals surface area contributed by atoms with Crippen molar-refractivity contribution in [3.8, 4) is 0 Å². The Labute approximate surface area is 102 Å². The van der Waals surface area contributed by atoms with Crippen LogP contribution >= 0.6 is 11.8 Å². The molecule has 2 rings (SSSR count). The molecule has 17 heavy (non-hydrogen) atoms. The van der Waals surface area contributed by atoms with Crippen LogP contribution in [-0.4, -0.2) is 23.8 Å². The fraction of sp³-hybridized carbons (Fsp3) is 0.545. The molecule has 1 aromatic heterocycles. The Morgan fingerprint density at radius 1 is 1.35 bits per heavy atom. The van der Waals surface area contributed by atoms with Gasteiger partial charge in [-0.1, -0.05) is 0 Å². The molecule has 2 heterocycles. The lowest BCUT2D eigenvalue weighted by Crippen LogP contribution is -2.42. The Morgan fingerprint density at radius 2 is 2.12 bits per heavy atom. The molecule has 0 amide bonds. The summed E-state index contributed by atoms with van der Waals surface area (Å²) in [6.45, 7) is 2.11. The van der Waals surface area contributed by atoms with E-state index in [4.69, 9.17) is 0 Å². The van der Waals surface area contributed by atoms with Crippen molar-refractivity contribution in [1.82, 2.24) is 10.3 Å². The number of aromatic nitrogens is 1. The number of hydrogen-bond acceptors (Lipinski definition) is 3. The minimum absolute atomic E-state index is 0.658. The predicted molar refractivity (Wildman–Crippen MR) is 60.9 cm³/mol. The molecule has 6 heteroatoms. The maximum absolute atomic E-state index is 12.3. The van der Waals surface area contributed by atoms with Crippen molar-refractivity contribution in [2.75, 3.05) is 18.8 Å². The standard InChI is InChI=1S/C11H13F3N2S/c12-11(13,14)9-1-2-10(16-7-9)17-4-3-8-5-15-6-8/h1-2,7-8,15H,3-6H2. The number of halogens is 3. The average Bonchev–Trinajstić information content (AvgIpc) is 2.21. The fourth-order valence-corrected chi connectivity index (χ4v) is 2.47. The van der Waals surface area contributed by atoms with Crippen LogP contribution in [-0.2, 0) is 6.18 Å². The van der Waals surface area contributed by atoms with Crippen LogP contribution in [0.5, 0.6) is 0 Å². The summed E-state index contributed by atoms with van der Waals surface area (Å²) in [5.74, 6) is 1.63. The normalized spacial score (nSPS) is 16.9. The first-order valence-electron chi connectivity index (χ1n) is 5.42. The minimum Gasteiger partial charge on any atom is -0.316 e. The van der Waals surface area contributed by atoms with Gasteiger partial charge in [0.05, 0.1) is 10.6 Å². The second-order valence-corrected chi connectivity index (χ2v) is 5.16. The van der Waals surface area contributed by atoms with Gasteiger partial charge in [0, 0.05) is 6.20 Å². The van der Waals surface area contributed by atoms with Gasteiger partial charge in [-0.2, -0.15) is 13.2 Å². The number of nitrogens with zero attached hydrogens (tertiary/aromatic N) is 1. The topological polar surface area (TPSA) is 24.9 Å². The molecule has 1 aromatic rings. The second-order valence-electron chi connectivity index (χ2n) is 4.04. The lowest BCUT2D eigenvalue weighted by molar-refractivity contribution is -0.137. The molecule has 1 saturated heterocycles. The SMILES string of the molecule is FC(F)(F)c1ccc(SCCC2CNC2)nc1. The Balaban J connectivity index is 1.81. The van der Waals surface area contributed by atoms with Crippen molar-refractivity contribution in [3.63, 3.8) is 0 Å². The fourth-order valence-electron chi connectivity index (χ4n) is 1.52. The molecular weight excluding hydrogens is 249 g/mol. The van der Waals surface area contributed by atoms with Crippen LogP contribution in [0.15, 0.2) is 23.4 Å². The zero-order chi connectivity index (χ0) is 12.3. The molecule has 0 spiro atoms. The van der Waals surface area contributed by atoms with Crippen molar-refractivity contribution in [1.29, 1.82) is 0 Å². The van der Waals surface area contributed by atoms with Crippen molar-refractivity contribution >= 4 is 11.8 Å². The monoisotopic (exact) mass is 262 g/mol. The number of rotatable bonds is 4. The van der Waals surface area contributed by atoms with Crippen LogP contribution in [0.2, 0.25) is 0 Å². The van der Waals surface area contributed by atoms with Crippen LogP contribution in [0.1, 0.15) is 12.0 Å². The van der Waals surface area contributed by atoms with Crippen LogP contribution < -0.4 is 5.32 Å². The molecule has 1 fully saturated rings. The largest absolute Gasteiger partial charge is 0.417 e. The number of nitrogens with one attached hydrogen (secondary N) is 1. The summed E-state index contributed by atoms with van der Waals surface area (Å²) in [6.07, 6.45) is -2.32. The molecule has 1 aliphatic rings. The zero-order valence-electron chi connectivity index (χ0n) is 9.13. The lowest BCUT2D eigenvalue weighted by atomic mass is 10.0. The molecule has 0 aromatic carbocycles. The highest BCUT2D eigenvalue weighted by Crippen LogP contribution is 2.29. The van der Waals surface area contributed by atoms with E-state index < -0.39 is 11.7 Å². The highest BCUT2D eigenvalue weighted by Gasteiger charge is 2.30. The maximum Gasteiger partial charge on any atom is 0.417 e. The van der Waals surface area contributed by atoms with Gasteiger partial charge in [-0.3, -0.25) is 0 Å². The van der Waals surface area contributed by atoms with E-state index >= 15 is 0 Å². The Bertz CT molecular complexity index is 360. The van der Waals surface area contributed by atoms with Crippen molar-refractivity contribution < 1.29 is 13.2 Å². The summed E-state index contributed by atoms with van der Waals surface area (Å²) >= 11 is 1.51. The van der Waals surface area contributed by atoms with Crippen molar-refractivity contribution in [2.45, 2.75) is 17.6 Å². The molecule has 0 saturated carbocycles. The molecule has 2 nitrogen and oxygen atoms in total. The molecule has 0 unspecified atom stereocenters. The van der Waals surface area contributed by atoms with Gasteiger partial charge in [-0.25, -0.2) is 4.98 Å². The molecule has 1 aliphatic heterocycles. The number of alkyl halides is 3. The number of thioether (sulfide) groups is 1. The first-order chi connectivity index (χ1) is 8.05. The van der Waals surface area contributed by atoms with E-state index in [9.17, 15) is 13.2 Å². The van der Waals surface area contributed by atoms with Crippen molar-refractivity contribution in [2.24, 2.45) is 5.92 Å². The third kappa shape index (κ3) is 3.61. The average molecular weight is 262 g/mol. The van der Waals surface area contributed by atoms with Gasteiger partial charge in [0.15, 0.2) is 0 Å². The lowest BCUT2D eigenvalue weighted by Gasteiger charge is -2.26. The van der Waals surface area contributed by atoms with Crippen LogP contribution in [0, 0.1) is 5.92 Å². The highest BCUT2D eigenvalue weighted by atomic mass is 32.2. The third-order valence-corrected chi connectivity index (χ3v) is 3.68. The smallest absolute Gasteiger partial charge is 0.316 e. The summed E-state index contributed by atoms with van der Waals surface area (Å²) in [5, 5.41) is 3.84. The van der Waals surface area contributed by atoms with Gasteiger partial charge >= 0.3 is 6.18 Å². The predicted octanol–water partition coefficient (Wildman–Crippen LogP) is 2.80. The highest BCUT2D eigenvalue weighted by molar-refractivity contribution is 7.99. The first kappa shape index (κ1) is 12.7. The van der Waals surface area contributed by atoms with Gasteiger partial charge in [0.1, 0.15) is 0 Å². The van der Waals surface area contributed by atoms with E-state index in [1.54, 1.807) is 0 Å². The molecular formula is C11H13F3N2S. The molecule has 1 N–H and O–H groups in total. The van der Waals surface area contributed by atoms with E-state index in [0.29, 0.717) is 5.03 Å². The summed E-state index contributed by atoms with van der Waals surface area (Å²) in [7, 11) is 0. The van der Waals surface area contributed by atoms with E-state index in [0.717, 1.165) is 43.4 Å². The second kappa shape index (κ2) is 5.27. The van der Waals surface area contributed by atoms with E-state index in [-0.39, 0.29) is 0 Å². The molecule has 0 radical (unpaired) electrons.